The number of esters is 1. The Morgan fingerprint density at radius 3 is 2.39 bits per heavy atom. The molecule has 1 aliphatic heterocycles. The van der Waals surface area contributed by atoms with Crippen molar-refractivity contribution in [1.82, 2.24) is 10.2 Å². The Hall–Kier alpha value is -4.48. The number of hydrogen-bond donors (Lipinski definition) is 2. The number of carboxylic acids is 1. The molecule has 0 saturated carbocycles. The first-order valence-corrected chi connectivity index (χ1v) is 12.1. The lowest BCUT2D eigenvalue weighted by Gasteiger charge is -2.28. The number of non-ortho nitro benzene ring substituents is 1. The monoisotopic (exact) mass is 527 g/mol. The van der Waals surface area contributed by atoms with Crippen molar-refractivity contribution in [2.45, 2.75) is 50.8 Å². The molecule has 2 aromatic rings. The first-order chi connectivity index (χ1) is 18.2. The van der Waals surface area contributed by atoms with Gasteiger partial charge in [-0.3, -0.25) is 24.6 Å². The fraction of sp³-hybridized carbons (Fsp3) is 0.385. The van der Waals surface area contributed by atoms with Gasteiger partial charge in [0.25, 0.3) is 5.69 Å². The summed E-state index contributed by atoms with van der Waals surface area (Å²) in [5.41, 5.74) is 0.856. The van der Waals surface area contributed by atoms with Crippen LogP contribution < -0.4 is 5.32 Å². The van der Waals surface area contributed by atoms with E-state index in [1.165, 1.54) is 29.2 Å². The van der Waals surface area contributed by atoms with Crippen LogP contribution in [-0.4, -0.2) is 64.1 Å². The van der Waals surface area contributed by atoms with Crippen molar-refractivity contribution in [3.8, 4) is 0 Å². The van der Waals surface area contributed by atoms with Crippen LogP contribution in [0.5, 0.6) is 0 Å². The number of carbonyl (C=O) groups is 4. The molecule has 3 atom stereocenters. The maximum absolute atomic E-state index is 13.2. The van der Waals surface area contributed by atoms with Gasteiger partial charge in [0.2, 0.25) is 5.91 Å². The maximum Gasteiger partial charge on any atom is 0.410 e. The molecule has 2 N–H and O–H groups in total. The minimum atomic E-state index is -1.57. The van der Waals surface area contributed by atoms with Crippen LogP contribution in [0.4, 0.5) is 10.5 Å². The van der Waals surface area contributed by atoms with E-state index in [4.69, 9.17) is 9.47 Å². The van der Waals surface area contributed by atoms with Gasteiger partial charge in [-0.15, -0.1) is 0 Å². The molecule has 1 fully saturated rings. The van der Waals surface area contributed by atoms with Crippen LogP contribution in [-0.2, 0) is 30.5 Å². The zero-order valence-electron chi connectivity index (χ0n) is 20.8. The Morgan fingerprint density at radius 2 is 1.79 bits per heavy atom. The van der Waals surface area contributed by atoms with Gasteiger partial charge in [-0.1, -0.05) is 42.5 Å². The minimum absolute atomic E-state index is 0.0179. The molecular weight excluding hydrogens is 498 g/mol. The Morgan fingerprint density at radius 1 is 1.11 bits per heavy atom. The third-order valence-corrected chi connectivity index (χ3v) is 6.19. The van der Waals surface area contributed by atoms with E-state index < -0.39 is 53.3 Å². The molecule has 0 bridgehead atoms. The molecule has 2 aromatic carbocycles. The van der Waals surface area contributed by atoms with Gasteiger partial charge in [0, 0.05) is 24.6 Å². The average Bonchev–Trinajstić information content (AvgIpc) is 3.40. The quantitative estimate of drug-likeness (QED) is 0.254. The number of carbonyl (C=O) groups excluding carboxylic acids is 3. The number of ether oxygens (including phenoxy) is 2. The van der Waals surface area contributed by atoms with Crippen LogP contribution in [0.1, 0.15) is 43.2 Å². The highest BCUT2D eigenvalue weighted by atomic mass is 16.6. The predicted molar refractivity (Wildman–Crippen MR) is 133 cm³/mol. The van der Waals surface area contributed by atoms with Crippen molar-refractivity contribution in [3.05, 3.63) is 75.8 Å². The molecule has 1 heterocycles. The first kappa shape index (κ1) is 28.1. The molecule has 0 aromatic heterocycles. The van der Waals surface area contributed by atoms with Crippen molar-refractivity contribution in [2.75, 3.05) is 13.2 Å². The highest BCUT2D eigenvalue weighted by Crippen LogP contribution is 2.28. The highest BCUT2D eigenvalue weighted by Gasteiger charge is 2.39. The van der Waals surface area contributed by atoms with Crippen molar-refractivity contribution in [1.29, 1.82) is 0 Å². The minimum Gasteiger partial charge on any atom is -0.480 e. The van der Waals surface area contributed by atoms with Gasteiger partial charge in [0.05, 0.1) is 18.0 Å². The summed E-state index contributed by atoms with van der Waals surface area (Å²) in [6, 6.07) is 11.6. The molecule has 0 unspecified atom stereocenters. The molecule has 0 aliphatic carbocycles. The van der Waals surface area contributed by atoms with E-state index in [2.05, 4.69) is 5.32 Å². The smallest absolute Gasteiger partial charge is 0.410 e. The highest BCUT2D eigenvalue weighted by molar-refractivity contribution is 5.90. The van der Waals surface area contributed by atoms with Gasteiger partial charge in [-0.2, -0.15) is 0 Å². The van der Waals surface area contributed by atoms with Crippen LogP contribution in [0.3, 0.4) is 0 Å². The fourth-order valence-corrected chi connectivity index (χ4v) is 4.31. The summed E-state index contributed by atoms with van der Waals surface area (Å²) in [6.07, 6.45) is -0.267. The van der Waals surface area contributed by atoms with Crippen LogP contribution >= 0.6 is 0 Å². The number of likely N-dealkylation sites (tertiary alicyclic amines) is 1. The van der Waals surface area contributed by atoms with E-state index in [1.54, 1.807) is 31.2 Å². The molecule has 1 saturated heterocycles. The number of hydrogen-bond acceptors (Lipinski definition) is 8. The van der Waals surface area contributed by atoms with Gasteiger partial charge >= 0.3 is 18.0 Å². The molecule has 0 radical (unpaired) electrons. The van der Waals surface area contributed by atoms with Gasteiger partial charge < -0.3 is 19.9 Å². The fourth-order valence-electron chi connectivity index (χ4n) is 4.31. The van der Waals surface area contributed by atoms with Crippen LogP contribution in [0.15, 0.2) is 54.6 Å². The summed E-state index contributed by atoms with van der Waals surface area (Å²) in [7, 11) is 0. The Bertz CT molecular complexity index is 1150. The Kier molecular flexibility index (Phi) is 9.74. The zero-order chi connectivity index (χ0) is 27.7. The first-order valence-electron chi connectivity index (χ1n) is 12.1. The maximum atomic E-state index is 13.2. The predicted octanol–water partition coefficient (Wildman–Crippen LogP) is 3.00. The van der Waals surface area contributed by atoms with E-state index >= 15 is 0 Å². The zero-order valence-corrected chi connectivity index (χ0v) is 20.8. The van der Waals surface area contributed by atoms with Crippen LogP contribution in [0.2, 0.25) is 0 Å². The molecule has 3 rings (SSSR count). The number of nitro groups is 1. The second kappa shape index (κ2) is 13.2. The molecule has 1 aliphatic rings. The number of benzene rings is 2. The number of rotatable bonds is 11. The van der Waals surface area contributed by atoms with Gasteiger partial charge in [0.1, 0.15) is 18.7 Å². The van der Waals surface area contributed by atoms with Crippen molar-refractivity contribution >= 4 is 29.6 Å². The largest absolute Gasteiger partial charge is 0.480 e. The Labute approximate surface area is 218 Å². The lowest BCUT2D eigenvalue weighted by molar-refractivity contribution is -0.384. The molecule has 202 valence electrons. The SMILES string of the molecule is CCOC(=O)C[C@H](c1ccc([N+](=O)[O-])cc1)[C@@H](NC(=O)[C@H]1CCCN1C(=O)OCc1ccccc1)C(=O)O. The summed E-state index contributed by atoms with van der Waals surface area (Å²) >= 11 is 0. The van der Waals surface area contributed by atoms with Crippen molar-refractivity contribution in [2.24, 2.45) is 0 Å². The Balaban J connectivity index is 1.77. The lowest BCUT2D eigenvalue weighted by atomic mass is 9.88. The van der Waals surface area contributed by atoms with Crippen LogP contribution in [0, 0.1) is 10.1 Å². The number of amides is 2. The molecule has 0 spiro atoms. The van der Waals surface area contributed by atoms with E-state index in [1.807, 2.05) is 6.07 Å². The number of nitrogens with one attached hydrogen (secondary N) is 1. The summed E-state index contributed by atoms with van der Waals surface area (Å²) in [4.78, 5) is 62.2. The van der Waals surface area contributed by atoms with E-state index in [9.17, 15) is 34.4 Å². The summed E-state index contributed by atoms with van der Waals surface area (Å²) in [5, 5.41) is 23.5. The second-order valence-electron chi connectivity index (χ2n) is 8.68. The summed E-state index contributed by atoms with van der Waals surface area (Å²) in [6.45, 7) is 1.95. The van der Waals surface area contributed by atoms with Crippen LogP contribution in [0.25, 0.3) is 0 Å². The standard InChI is InChI=1S/C26H29N3O9/c1-2-37-22(30)15-20(18-10-12-19(13-11-18)29(35)36)23(25(32)33)27-24(31)21-9-6-14-28(21)26(34)38-16-17-7-4-3-5-8-17/h3-5,7-8,10-13,20-21,23H,2,6,9,14-16H2,1H3,(H,27,31)(H,32,33)/t20-,21-,23-/m1/s1. The van der Waals surface area contributed by atoms with E-state index in [-0.39, 0.29) is 25.4 Å². The molecular formula is C26H29N3O9. The number of nitro benzene ring substituents is 1. The molecule has 2 amide bonds. The number of aliphatic carboxylic acids is 1. The van der Waals surface area contributed by atoms with Gasteiger partial charge in [-0.25, -0.2) is 9.59 Å². The normalized spacial score (nSPS) is 16.2. The van der Waals surface area contributed by atoms with E-state index in [0.717, 1.165) is 5.56 Å². The average molecular weight is 528 g/mol. The van der Waals surface area contributed by atoms with E-state index in [0.29, 0.717) is 18.4 Å². The number of carboxylic acid groups (broad SMARTS) is 1. The summed E-state index contributed by atoms with van der Waals surface area (Å²) < 4.78 is 10.3. The van der Waals surface area contributed by atoms with Gasteiger partial charge in [0.15, 0.2) is 0 Å². The van der Waals surface area contributed by atoms with Gasteiger partial charge in [-0.05, 0) is 30.9 Å². The molecule has 12 heteroatoms. The number of nitrogens with zero attached hydrogens (tertiary/aromatic N) is 2. The third-order valence-electron chi connectivity index (χ3n) is 6.19. The topological polar surface area (TPSA) is 165 Å². The molecule has 12 nitrogen and oxygen atoms in total. The van der Waals surface area contributed by atoms with Crippen molar-refractivity contribution in [3.63, 3.8) is 0 Å². The third kappa shape index (κ3) is 7.28. The lowest BCUT2D eigenvalue weighted by Crippen LogP contribution is -2.53. The molecule has 38 heavy (non-hydrogen) atoms. The van der Waals surface area contributed by atoms with Crippen molar-refractivity contribution < 1.29 is 38.7 Å². The summed E-state index contributed by atoms with van der Waals surface area (Å²) in [5.74, 6) is -3.90. The second-order valence-corrected chi connectivity index (χ2v) is 8.68.